The van der Waals surface area contributed by atoms with Crippen LogP contribution in [0.5, 0.6) is 0 Å². The van der Waals surface area contributed by atoms with Crippen LogP contribution in [0.2, 0.25) is 0 Å². The van der Waals surface area contributed by atoms with E-state index in [0.29, 0.717) is 19.6 Å². The summed E-state index contributed by atoms with van der Waals surface area (Å²) in [7, 11) is 0. The molecule has 1 saturated heterocycles. The molecule has 2 atom stereocenters. The lowest BCUT2D eigenvalue weighted by Crippen LogP contribution is -2.43. The predicted molar refractivity (Wildman–Crippen MR) is 72.6 cm³/mol. The van der Waals surface area contributed by atoms with E-state index in [1.165, 1.54) is 0 Å². The van der Waals surface area contributed by atoms with Crippen LogP contribution in [0.15, 0.2) is 30.3 Å². The van der Waals surface area contributed by atoms with E-state index in [1.807, 2.05) is 30.3 Å². The molecule has 4 heteroatoms. The third-order valence-electron chi connectivity index (χ3n) is 3.27. The molecule has 1 aromatic carbocycles. The van der Waals surface area contributed by atoms with Crippen molar-refractivity contribution in [1.82, 2.24) is 4.90 Å². The first kappa shape index (κ1) is 13.3. The summed E-state index contributed by atoms with van der Waals surface area (Å²) in [6.45, 7) is 2.81. The summed E-state index contributed by atoms with van der Waals surface area (Å²) in [4.78, 5) is 2.13. The van der Waals surface area contributed by atoms with Gasteiger partial charge in [-0.25, -0.2) is 0 Å². The molecular formula is C14H22N2O2. The van der Waals surface area contributed by atoms with Gasteiger partial charge in [0, 0.05) is 25.3 Å². The van der Waals surface area contributed by atoms with Crippen LogP contribution < -0.4 is 5.32 Å². The number of aliphatic hydroxyl groups excluding tert-OH is 2. The minimum Gasteiger partial charge on any atom is -0.392 e. The Morgan fingerprint density at radius 2 is 2.11 bits per heavy atom. The molecule has 1 heterocycles. The number of likely N-dealkylation sites (tertiary alicyclic amines) is 1. The summed E-state index contributed by atoms with van der Waals surface area (Å²) >= 11 is 0. The van der Waals surface area contributed by atoms with Gasteiger partial charge in [0.15, 0.2) is 0 Å². The zero-order chi connectivity index (χ0) is 12.8. The molecule has 0 aromatic heterocycles. The van der Waals surface area contributed by atoms with Gasteiger partial charge in [0.1, 0.15) is 0 Å². The fourth-order valence-corrected chi connectivity index (χ4v) is 2.35. The Morgan fingerprint density at radius 3 is 2.83 bits per heavy atom. The van der Waals surface area contributed by atoms with Crippen molar-refractivity contribution in [3.05, 3.63) is 30.3 Å². The van der Waals surface area contributed by atoms with Gasteiger partial charge in [0.2, 0.25) is 0 Å². The van der Waals surface area contributed by atoms with Crippen LogP contribution in [0.25, 0.3) is 0 Å². The average Bonchev–Trinajstić information content (AvgIpc) is 2.38. The molecule has 0 radical (unpaired) electrons. The van der Waals surface area contributed by atoms with Gasteiger partial charge in [-0.15, -0.1) is 0 Å². The number of hydrogen-bond donors (Lipinski definition) is 3. The maximum Gasteiger partial charge on any atom is 0.0839 e. The Balaban J connectivity index is 1.70. The van der Waals surface area contributed by atoms with Crippen LogP contribution in [0.4, 0.5) is 5.69 Å². The van der Waals surface area contributed by atoms with E-state index in [0.717, 1.165) is 25.1 Å². The van der Waals surface area contributed by atoms with E-state index < -0.39 is 6.10 Å². The SMILES string of the molecule is O[C@H](CNc1ccccc1)CN1CCC[C@H](O)C1. The molecule has 18 heavy (non-hydrogen) atoms. The lowest BCUT2D eigenvalue weighted by atomic mass is 10.1. The second kappa shape index (κ2) is 6.73. The summed E-state index contributed by atoms with van der Waals surface area (Å²) in [5.74, 6) is 0. The maximum atomic E-state index is 9.96. The van der Waals surface area contributed by atoms with Gasteiger partial charge in [-0.1, -0.05) is 18.2 Å². The molecule has 0 amide bonds. The fourth-order valence-electron chi connectivity index (χ4n) is 2.35. The fraction of sp³-hybridized carbons (Fsp3) is 0.571. The number of piperidine rings is 1. The number of nitrogens with zero attached hydrogens (tertiary/aromatic N) is 1. The predicted octanol–water partition coefficient (Wildman–Crippen LogP) is 0.916. The van der Waals surface area contributed by atoms with Crippen molar-refractivity contribution in [3.8, 4) is 0 Å². The van der Waals surface area contributed by atoms with Crippen LogP contribution in [-0.2, 0) is 0 Å². The molecule has 100 valence electrons. The highest BCUT2D eigenvalue weighted by atomic mass is 16.3. The first-order valence-corrected chi connectivity index (χ1v) is 6.61. The van der Waals surface area contributed by atoms with Crippen molar-refractivity contribution in [2.24, 2.45) is 0 Å². The van der Waals surface area contributed by atoms with Gasteiger partial charge in [0.05, 0.1) is 12.2 Å². The summed E-state index contributed by atoms with van der Waals surface area (Å²) in [5.41, 5.74) is 1.02. The Labute approximate surface area is 108 Å². The average molecular weight is 250 g/mol. The number of aliphatic hydroxyl groups is 2. The first-order chi connectivity index (χ1) is 8.74. The highest BCUT2D eigenvalue weighted by Gasteiger charge is 2.19. The lowest BCUT2D eigenvalue weighted by Gasteiger charge is -2.31. The van der Waals surface area contributed by atoms with E-state index in [4.69, 9.17) is 0 Å². The summed E-state index contributed by atoms with van der Waals surface area (Å²) in [6, 6.07) is 9.87. The normalized spacial score (nSPS) is 22.7. The second-order valence-corrected chi connectivity index (χ2v) is 4.96. The second-order valence-electron chi connectivity index (χ2n) is 4.96. The molecule has 0 unspecified atom stereocenters. The molecule has 0 saturated carbocycles. The van der Waals surface area contributed by atoms with Crippen LogP contribution in [-0.4, -0.2) is 53.5 Å². The molecule has 1 aromatic rings. The number of rotatable bonds is 5. The van der Waals surface area contributed by atoms with Gasteiger partial charge in [-0.3, -0.25) is 4.90 Å². The van der Waals surface area contributed by atoms with Crippen molar-refractivity contribution in [3.63, 3.8) is 0 Å². The number of para-hydroxylation sites is 1. The highest BCUT2D eigenvalue weighted by molar-refractivity contribution is 5.42. The Morgan fingerprint density at radius 1 is 1.33 bits per heavy atom. The standard InChI is InChI=1S/C14H22N2O2/c17-13-7-4-8-16(10-13)11-14(18)9-15-12-5-2-1-3-6-12/h1-3,5-6,13-15,17-18H,4,7-11H2/t13-,14+/m0/s1. The quantitative estimate of drug-likeness (QED) is 0.727. The molecular weight excluding hydrogens is 228 g/mol. The molecule has 0 spiro atoms. The van der Waals surface area contributed by atoms with Crippen molar-refractivity contribution in [2.75, 3.05) is 31.5 Å². The van der Waals surface area contributed by atoms with Crippen molar-refractivity contribution < 1.29 is 10.2 Å². The van der Waals surface area contributed by atoms with Crippen molar-refractivity contribution >= 4 is 5.69 Å². The number of nitrogens with one attached hydrogen (secondary N) is 1. The van der Waals surface area contributed by atoms with E-state index in [1.54, 1.807) is 0 Å². The topological polar surface area (TPSA) is 55.7 Å². The van der Waals surface area contributed by atoms with Crippen LogP contribution in [0, 0.1) is 0 Å². The summed E-state index contributed by atoms with van der Waals surface area (Å²) in [6.07, 6.45) is 1.26. The zero-order valence-electron chi connectivity index (χ0n) is 10.6. The molecule has 4 nitrogen and oxygen atoms in total. The molecule has 1 aliphatic rings. The van der Waals surface area contributed by atoms with E-state index in [9.17, 15) is 10.2 Å². The number of β-amino-alcohol motifs (C(OH)–C–C–N with tert-alkyl or cyclic N) is 2. The number of benzene rings is 1. The third kappa shape index (κ3) is 4.29. The molecule has 1 aliphatic heterocycles. The van der Waals surface area contributed by atoms with Crippen molar-refractivity contribution in [1.29, 1.82) is 0 Å². The van der Waals surface area contributed by atoms with Gasteiger partial charge >= 0.3 is 0 Å². The smallest absolute Gasteiger partial charge is 0.0839 e. The Kier molecular flexibility index (Phi) is 4.99. The molecule has 0 bridgehead atoms. The molecule has 0 aliphatic carbocycles. The van der Waals surface area contributed by atoms with Gasteiger partial charge in [-0.05, 0) is 31.5 Å². The molecule has 2 rings (SSSR count). The first-order valence-electron chi connectivity index (χ1n) is 6.61. The van der Waals surface area contributed by atoms with Crippen LogP contribution >= 0.6 is 0 Å². The van der Waals surface area contributed by atoms with E-state index >= 15 is 0 Å². The van der Waals surface area contributed by atoms with E-state index in [-0.39, 0.29) is 6.10 Å². The largest absolute Gasteiger partial charge is 0.392 e. The third-order valence-corrected chi connectivity index (χ3v) is 3.27. The van der Waals surface area contributed by atoms with Gasteiger partial charge < -0.3 is 15.5 Å². The van der Waals surface area contributed by atoms with Crippen molar-refractivity contribution in [2.45, 2.75) is 25.0 Å². The van der Waals surface area contributed by atoms with Crippen LogP contribution in [0.1, 0.15) is 12.8 Å². The van der Waals surface area contributed by atoms with E-state index in [2.05, 4.69) is 10.2 Å². The maximum absolute atomic E-state index is 9.96. The lowest BCUT2D eigenvalue weighted by molar-refractivity contribution is 0.0428. The summed E-state index contributed by atoms with van der Waals surface area (Å²) < 4.78 is 0. The number of anilines is 1. The number of hydrogen-bond acceptors (Lipinski definition) is 4. The van der Waals surface area contributed by atoms with Crippen LogP contribution in [0.3, 0.4) is 0 Å². The Bertz CT molecular complexity index is 345. The van der Waals surface area contributed by atoms with Gasteiger partial charge in [-0.2, -0.15) is 0 Å². The minimum absolute atomic E-state index is 0.229. The molecule has 1 fully saturated rings. The zero-order valence-corrected chi connectivity index (χ0v) is 10.6. The monoisotopic (exact) mass is 250 g/mol. The minimum atomic E-state index is -0.407. The summed E-state index contributed by atoms with van der Waals surface area (Å²) in [5, 5.41) is 22.7. The molecule has 3 N–H and O–H groups in total. The van der Waals surface area contributed by atoms with Gasteiger partial charge in [0.25, 0.3) is 0 Å². The Hall–Kier alpha value is -1.10. The highest BCUT2D eigenvalue weighted by Crippen LogP contribution is 2.10.